The summed E-state index contributed by atoms with van der Waals surface area (Å²) in [7, 11) is 0. The number of nitrogens with two attached hydrogens (primary N) is 1. The molecule has 98 valence electrons. The molecule has 0 radical (unpaired) electrons. The third kappa shape index (κ3) is 2.92. The lowest BCUT2D eigenvalue weighted by Crippen LogP contribution is -2.24. The van der Waals surface area contributed by atoms with Crippen LogP contribution in [0.2, 0.25) is 0 Å². The molecular formula is C13H18N2O3. The molecule has 1 heterocycles. The molecule has 5 nitrogen and oxygen atoms in total. The molecule has 18 heavy (non-hydrogen) atoms. The molecule has 1 amide bonds. The molecule has 1 unspecified atom stereocenters. The summed E-state index contributed by atoms with van der Waals surface area (Å²) < 4.78 is 11.0. The van der Waals surface area contributed by atoms with Gasteiger partial charge in [-0.15, -0.1) is 0 Å². The molecule has 1 aromatic rings. The summed E-state index contributed by atoms with van der Waals surface area (Å²) in [5, 5.41) is 2.84. The van der Waals surface area contributed by atoms with Crippen molar-refractivity contribution in [2.45, 2.75) is 26.3 Å². The maximum Gasteiger partial charge on any atom is 0.225 e. The predicted octanol–water partition coefficient (Wildman–Crippen LogP) is 1.44. The molecule has 0 bridgehead atoms. The number of carbonyl (C=O) groups is 1. The number of rotatable bonds is 3. The highest BCUT2D eigenvalue weighted by Crippen LogP contribution is 2.35. The lowest BCUT2D eigenvalue weighted by atomic mass is 10.1. The Kier molecular flexibility index (Phi) is 3.72. The topological polar surface area (TPSA) is 73.6 Å². The molecule has 2 rings (SSSR count). The lowest BCUT2D eigenvalue weighted by molar-refractivity contribution is -0.116. The maximum atomic E-state index is 11.7. The standard InChI is InChI=1S/C13H18N2O3/c1-8-5-11-12(18-4-3-17-11)7-10(8)15-13(16)6-9(2)14/h5,7,9H,3-4,6,14H2,1-2H3,(H,15,16). The molecule has 0 saturated heterocycles. The molecule has 0 saturated carbocycles. The number of amides is 1. The molecule has 0 fully saturated rings. The molecule has 1 atom stereocenters. The van der Waals surface area contributed by atoms with Crippen LogP contribution in [0.3, 0.4) is 0 Å². The number of hydrogen-bond donors (Lipinski definition) is 2. The number of carbonyl (C=O) groups excluding carboxylic acids is 1. The van der Waals surface area contributed by atoms with E-state index in [0.29, 0.717) is 25.4 Å². The number of hydrogen-bond acceptors (Lipinski definition) is 4. The van der Waals surface area contributed by atoms with Gasteiger partial charge in [0.25, 0.3) is 0 Å². The minimum atomic E-state index is -0.150. The fourth-order valence-corrected chi connectivity index (χ4v) is 1.82. The molecule has 1 aliphatic rings. The monoisotopic (exact) mass is 250 g/mol. The van der Waals surface area contributed by atoms with E-state index in [9.17, 15) is 4.79 Å². The molecule has 1 aromatic carbocycles. The Labute approximate surface area is 106 Å². The van der Waals surface area contributed by atoms with Crippen molar-refractivity contribution < 1.29 is 14.3 Å². The van der Waals surface area contributed by atoms with Crippen LogP contribution in [0.15, 0.2) is 12.1 Å². The van der Waals surface area contributed by atoms with Crippen LogP contribution in [0.5, 0.6) is 11.5 Å². The molecule has 1 aliphatic heterocycles. The molecule has 5 heteroatoms. The minimum absolute atomic E-state index is 0.0928. The second-order valence-electron chi connectivity index (χ2n) is 4.54. The van der Waals surface area contributed by atoms with Gasteiger partial charge in [0.05, 0.1) is 0 Å². The van der Waals surface area contributed by atoms with E-state index in [1.165, 1.54) is 0 Å². The largest absolute Gasteiger partial charge is 0.486 e. The van der Waals surface area contributed by atoms with Crippen molar-refractivity contribution in [3.63, 3.8) is 0 Å². The first kappa shape index (κ1) is 12.7. The summed E-state index contributed by atoms with van der Waals surface area (Å²) in [6.07, 6.45) is 0.299. The molecule has 0 aliphatic carbocycles. The van der Waals surface area contributed by atoms with Crippen molar-refractivity contribution in [3.05, 3.63) is 17.7 Å². The van der Waals surface area contributed by atoms with Gasteiger partial charge < -0.3 is 20.5 Å². The van der Waals surface area contributed by atoms with E-state index in [4.69, 9.17) is 15.2 Å². The lowest BCUT2D eigenvalue weighted by Gasteiger charge is -2.20. The van der Waals surface area contributed by atoms with Crippen LogP contribution in [-0.4, -0.2) is 25.2 Å². The summed E-state index contributed by atoms with van der Waals surface area (Å²) in [5.74, 6) is 1.30. The average Bonchev–Trinajstić information content (AvgIpc) is 2.29. The fraction of sp³-hybridized carbons (Fsp3) is 0.462. The summed E-state index contributed by atoms with van der Waals surface area (Å²) in [6, 6.07) is 3.52. The van der Waals surface area contributed by atoms with Gasteiger partial charge in [-0.2, -0.15) is 0 Å². The van der Waals surface area contributed by atoms with Crippen molar-refractivity contribution in [2.24, 2.45) is 5.73 Å². The van der Waals surface area contributed by atoms with Gasteiger partial charge in [-0.05, 0) is 25.5 Å². The quantitative estimate of drug-likeness (QED) is 0.851. The fourth-order valence-electron chi connectivity index (χ4n) is 1.82. The smallest absolute Gasteiger partial charge is 0.225 e. The summed E-state index contributed by atoms with van der Waals surface area (Å²) in [6.45, 7) is 4.81. The van der Waals surface area contributed by atoms with E-state index in [2.05, 4.69) is 5.32 Å². The van der Waals surface area contributed by atoms with E-state index in [1.807, 2.05) is 13.0 Å². The van der Waals surface area contributed by atoms with E-state index in [1.54, 1.807) is 13.0 Å². The third-order valence-electron chi connectivity index (χ3n) is 2.67. The highest BCUT2D eigenvalue weighted by atomic mass is 16.6. The van der Waals surface area contributed by atoms with Crippen LogP contribution in [0.1, 0.15) is 18.9 Å². The Hall–Kier alpha value is -1.75. The Balaban J connectivity index is 2.15. The minimum Gasteiger partial charge on any atom is -0.486 e. The van der Waals surface area contributed by atoms with Crippen molar-refractivity contribution in [2.75, 3.05) is 18.5 Å². The number of fused-ring (bicyclic) bond motifs is 1. The number of nitrogens with one attached hydrogen (secondary N) is 1. The number of benzene rings is 1. The van der Waals surface area contributed by atoms with Crippen LogP contribution in [0.4, 0.5) is 5.69 Å². The maximum absolute atomic E-state index is 11.7. The van der Waals surface area contributed by atoms with Crippen LogP contribution in [0.25, 0.3) is 0 Å². The number of ether oxygens (including phenoxy) is 2. The SMILES string of the molecule is Cc1cc2c(cc1NC(=O)CC(C)N)OCCO2. The molecular weight excluding hydrogens is 232 g/mol. The first-order chi connectivity index (χ1) is 8.56. The van der Waals surface area contributed by atoms with Crippen LogP contribution in [-0.2, 0) is 4.79 Å². The Bertz CT molecular complexity index is 458. The molecule has 0 spiro atoms. The normalized spacial score (nSPS) is 15.1. The van der Waals surface area contributed by atoms with Crippen molar-refractivity contribution in [1.82, 2.24) is 0 Å². The second-order valence-corrected chi connectivity index (χ2v) is 4.54. The Morgan fingerprint density at radius 3 is 2.61 bits per heavy atom. The number of aryl methyl sites for hydroxylation is 1. The van der Waals surface area contributed by atoms with Gasteiger partial charge >= 0.3 is 0 Å². The second kappa shape index (κ2) is 5.27. The van der Waals surface area contributed by atoms with Gasteiger partial charge in [0, 0.05) is 24.2 Å². The van der Waals surface area contributed by atoms with Gasteiger partial charge in [0.1, 0.15) is 13.2 Å². The summed E-state index contributed by atoms with van der Waals surface area (Å²) >= 11 is 0. The molecule has 3 N–H and O–H groups in total. The van der Waals surface area contributed by atoms with Crippen LogP contribution in [0, 0.1) is 6.92 Å². The van der Waals surface area contributed by atoms with E-state index in [-0.39, 0.29) is 11.9 Å². The van der Waals surface area contributed by atoms with E-state index >= 15 is 0 Å². The van der Waals surface area contributed by atoms with E-state index in [0.717, 1.165) is 17.0 Å². The highest BCUT2D eigenvalue weighted by molar-refractivity contribution is 5.92. The van der Waals surface area contributed by atoms with Crippen LogP contribution >= 0.6 is 0 Å². The van der Waals surface area contributed by atoms with Crippen molar-refractivity contribution in [3.8, 4) is 11.5 Å². The molecule has 0 aromatic heterocycles. The van der Waals surface area contributed by atoms with Crippen molar-refractivity contribution >= 4 is 11.6 Å². The zero-order chi connectivity index (χ0) is 13.1. The summed E-state index contributed by atoms with van der Waals surface area (Å²) in [4.78, 5) is 11.7. The van der Waals surface area contributed by atoms with Crippen molar-refractivity contribution in [1.29, 1.82) is 0 Å². The zero-order valence-electron chi connectivity index (χ0n) is 10.7. The van der Waals surface area contributed by atoms with Gasteiger partial charge in [0.2, 0.25) is 5.91 Å². The average molecular weight is 250 g/mol. The first-order valence-electron chi connectivity index (χ1n) is 6.02. The zero-order valence-corrected chi connectivity index (χ0v) is 10.7. The Morgan fingerprint density at radius 2 is 2.00 bits per heavy atom. The Morgan fingerprint density at radius 1 is 1.39 bits per heavy atom. The van der Waals surface area contributed by atoms with Gasteiger partial charge in [0.15, 0.2) is 11.5 Å². The summed E-state index contributed by atoms with van der Waals surface area (Å²) in [5.41, 5.74) is 7.27. The predicted molar refractivity (Wildman–Crippen MR) is 69.1 cm³/mol. The first-order valence-corrected chi connectivity index (χ1v) is 6.02. The van der Waals surface area contributed by atoms with Gasteiger partial charge in [-0.1, -0.05) is 0 Å². The third-order valence-corrected chi connectivity index (χ3v) is 2.67. The van der Waals surface area contributed by atoms with Crippen LogP contribution < -0.4 is 20.5 Å². The van der Waals surface area contributed by atoms with Gasteiger partial charge in [-0.3, -0.25) is 4.79 Å². The highest BCUT2D eigenvalue weighted by Gasteiger charge is 2.15. The number of anilines is 1. The van der Waals surface area contributed by atoms with Gasteiger partial charge in [-0.25, -0.2) is 0 Å². The van der Waals surface area contributed by atoms with E-state index < -0.39 is 0 Å².